The van der Waals surface area contributed by atoms with Gasteiger partial charge in [0.1, 0.15) is 21.3 Å². The number of pyridine rings is 1. The number of hydrogen-bond donors (Lipinski definition) is 1. The lowest BCUT2D eigenvalue weighted by Gasteiger charge is -2.24. The SMILES string of the molecule is CC(C)(C(=O)Nc1cnc2ccccc2c1)S(=O)(=O)c1ccc(F)cc1F. The first kappa shape index (κ1) is 18.9. The first-order chi connectivity index (χ1) is 12.6. The molecule has 1 amide bonds. The minimum Gasteiger partial charge on any atom is -0.323 e. The zero-order chi connectivity index (χ0) is 19.8. The van der Waals surface area contributed by atoms with Crippen LogP contribution in [0.5, 0.6) is 0 Å². The number of sulfone groups is 1. The molecule has 0 unspecified atom stereocenters. The Balaban J connectivity index is 1.93. The van der Waals surface area contributed by atoms with E-state index in [1.165, 1.54) is 6.20 Å². The van der Waals surface area contributed by atoms with Crippen molar-refractivity contribution in [1.29, 1.82) is 0 Å². The molecule has 140 valence electrons. The van der Waals surface area contributed by atoms with E-state index in [-0.39, 0.29) is 0 Å². The highest BCUT2D eigenvalue weighted by Gasteiger charge is 2.44. The summed E-state index contributed by atoms with van der Waals surface area (Å²) in [6.45, 7) is 2.32. The topological polar surface area (TPSA) is 76.1 Å². The Bertz CT molecular complexity index is 1140. The van der Waals surface area contributed by atoms with Crippen molar-refractivity contribution in [2.45, 2.75) is 23.5 Å². The fourth-order valence-electron chi connectivity index (χ4n) is 2.51. The molecule has 0 fully saturated rings. The monoisotopic (exact) mass is 390 g/mol. The maximum absolute atomic E-state index is 14.0. The summed E-state index contributed by atoms with van der Waals surface area (Å²) in [7, 11) is -4.42. The summed E-state index contributed by atoms with van der Waals surface area (Å²) in [5.41, 5.74) is 1.03. The molecule has 2 aromatic carbocycles. The quantitative estimate of drug-likeness (QED) is 0.689. The van der Waals surface area contributed by atoms with Crippen molar-refractivity contribution in [1.82, 2.24) is 4.98 Å². The highest BCUT2D eigenvalue weighted by Crippen LogP contribution is 2.29. The van der Waals surface area contributed by atoms with E-state index in [0.717, 1.165) is 36.9 Å². The summed E-state index contributed by atoms with van der Waals surface area (Å²) in [4.78, 5) is 16.1. The minimum atomic E-state index is -4.42. The van der Waals surface area contributed by atoms with Crippen molar-refractivity contribution in [3.8, 4) is 0 Å². The molecule has 3 aromatic rings. The minimum absolute atomic E-state index is 0.307. The molecule has 0 saturated heterocycles. The molecular weight excluding hydrogens is 374 g/mol. The van der Waals surface area contributed by atoms with Crippen LogP contribution in [0.25, 0.3) is 10.9 Å². The molecular formula is C19H16F2N2O3S. The number of rotatable bonds is 4. The van der Waals surface area contributed by atoms with Crippen molar-refractivity contribution < 1.29 is 22.0 Å². The van der Waals surface area contributed by atoms with Crippen molar-refractivity contribution in [3.63, 3.8) is 0 Å². The van der Waals surface area contributed by atoms with Crippen molar-refractivity contribution >= 4 is 32.3 Å². The largest absolute Gasteiger partial charge is 0.323 e. The molecule has 0 atom stereocenters. The number of nitrogens with zero attached hydrogens (tertiary/aromatic N) is 1. The van der Waals surface area contributed by atoms with Crippen LogP contribution in [0.2, 0.25) is 0 Å². The third-order valence-electron chi connectivity index (χ3n) is 4.25. The lowest BCUT2D eigenvalue weighted by atomic mass is 10.1. The van der Waals surface area contributed by atoms with Crippen LogP contribution in [0.15, 0.2) is 59.6 Å². The second kappa shape index (κ2) is 6.70. The first-order valence-corrected chi connectivity index (χ1v) is 9.47. The lowest BCUT2D eigenvalue weighted by Crippen LogP contribution is -2.44. The summed E-state index contributed by atoms with van der Waals surface area (Å²) in [6, 6.07) is 11.0. The van der Waals surface area contributed by atoms with Gasteiger partial charge in [0.2, 0.25) is 5.91 Å². The zero-order valence-corrected chi connectivity index (χ0v) is 15.3. The van der Waals surface area contributed by atoms with E-state index < -0.39 is 37.0 Å². The highest BCUT2D eigenvalue weighted by molar-refractivity contribution is 7.93. The fraction of sp³-hybridized carbons (Fsp3) is 0.158. The number of fused-ring (bicyclic) bond motifs is 1. The number of benzene rings is 2. The van der Waals surface area contributed by atoms with Crippen LogP contribution < -0.4 is 5.32 Å². The second-order valence-electron chi connectivity index (χ2n) is 6.46. The average Bonchev–Trinajstić information content (AvgIpc) is 2.61. The molecule has 27 heavy (non-hydrogen) atoms. The number of nitrogens with one attached hydrogen (secondary N) is 1. The van der Waals surface area contributed by atoms with E-state index in [9.17, 15) is 22.0 Å². The summed E-state index contributed by atoms with van der Waals surface area (Å²) in [5, 5.41) is 3.27. The van der Waals surface area contributed by atoms with Gasteiger partial charge >= 0.3 is 0 Å². The van der Waals surface area contributed by atoms with Crippen LogP contribution in [-0.4, -0.2) is 24.1 Å². The number of carbonyl (C=O) groups is 1. The van der Waals surface area contributed by atoms with Crippen LogP contribution >= 0.6 is 0 Å². The predicted molar refractivity (Wildman–Crippen MR) is 98.0 cm³/mol. The van der Waals surface area contributed by atoms with Gasteiger partial charge in [0.15, 0.2) is 9.84 Å². The van der Waals surface area contributed by atoms with Crippen LogP contribution in [-0.2, 0) is 14.6 Å². The van der Waals surface area contributed by atoms with Crippen LogP contribution in [0.4, 0.5) is 14.5 Å². The number of hydrogen-bond acceptors (Lipinski definition) is 4. The Labute approximate surface area is 155 Å². The number of amides is 1. The Morgan fingerprint density at radius 3 is 2.48 bits per heavy atom. The van der Waals surface area contributed by atoms with E-state index in [4.69, 9.17) is 0 Å². The highest BCUT2D eigenvalue weighted by atomic mass is 32.2. The number of para-hydroxylation sites is 1. The first-order valence-electron chi connectivity index (χ1n) is 7.99. The molecule has 1 aromatic heterocycles. The fourth-order valence-corrected chi connectivity index (χ4v) is 3.92. The molecule has 0 aliphatic heterocycles. The summed E-state index contributed by atoms with van der Waals surface area (Å²) in [5.74, 6) is -3.01. The molecule has 1 heterocycles. The van der Waals surface area contributed by atoms with Crippen molar-refractivity contribution in [3.05, 3.63) is 66.4 Å². The second-order valence-corrected chi connectivity index (χ2v) is 8.93. The van der Waals surface area contributed by atoms with E-state index in [1.54, 1.807) is 24.3 Å². The maximum Gasteiger partial charge on any atom is 0.245 e. The smallest absolute Gasteiger partial charge is 0.245 e. The molecule has 0 aliphatic rings. The number of carbonyl (C=O) groups excluding carboxylic acids is 1. The Morgan fingerprint density at radius 2 is 1.78 bits per heavy atom. The zero-order valence-electron chi connectivity index (χ0n) is 14.5. The van der Waals surface area contributed by atoms with Crippen molar-refractivity contribution in [2.75, 3.05) is 5.32 Å². The number of aromatic nitrogens is 1. The number of halogens is 2. The van der Waals surface area contributed by atoms with Crippen LogP contribution in [0.3, 0.4) is 0 Å². The van der Waals surface area contributed by atoms with Gasteiger partial charge in [-0.1, -0.05) is 18.2 Å². The molecule has 5 nitrogen and oxygen atoms in total. The van der Waals surface area contributed by atoms with Gasteiger partial charge in [-0.3, -0.25) is 9.78 Å². The van der Waals surface area contributed by atoms with E-state index >= 15 is 0 Å². The maximum atomic E-state index is 14.0. The van der Waals surface area contributed by atoms with Gasteiger partial charge in [-0.2, -0.15) is 0 Å². The van der Waals surface area contributed by atoms with Gasteiger partial charge in [0.25, 0.3) is 0 Å². The molecule has 0 saturated carbocycles. The van der Waals surface area contributed by atoms with Gasteiger partial charge in [-0.25, -0.2) is 17.2 Å². The molecule has 0 bridgehead atoms. The summed E-state index contributed by atoms with van der Waals surface area (Å²) in [6.07, 6.45) is 1.40. The van der Waals surface area contributed by atoms with Gasteiger partial charge in [0, 0.05) is 11.5 Å². The lowest BCUT2D eigenvalue weighted by molar-refractivity contribution is -0.117. The average molecular weight is 390 g/mol. The third kappa shape index (κ3) is 3.40. The molecule has 0 aliphatic carbocycles. The van der Waals surface area contributed by atoms with Crippen LogP contribution in [0, 0.1) is 11.6 Å². The number of anilines is 1. The third-order valence-corrected chi connectivity index (χ3v) is 6.69. The standard InChI is InChI=1S/C19H16F2N2O3S/c1-19(2,27(25,26)17-8-7-13(20)10-15(17)21)18(24)23-14-9-12-5-3-4-6-16(12)22-11-14/h3-11H,1-2H3,(H,23,24). The Kier molecular flexibility index (Phi) is 4.69. The Morgan fingerprint density at radius 1 is 1.07 bits per heavy atom. The van der Waals surface area contributed by atoms with Crippen molar-refractivity contribution in [2.24, 2.45) is 0 Å². The molecule has 0 spiro atoms. The van der Waals surface area contributed by atoms with E-state index in [2.05, 4.69) is 10.3 Å². The van der Waals surface area contributed by atoms with Gasteiger partial charge < -0.3 is 5.32 Å². The normalized spacial score (nSPS) is 12.1. The Hall–Kier alpha value is -2.87. The van der Waals surface area contributed by atoms with E-state index in [0.29, 0.717) is 11.8 Å². The van der Waals surface area contributed by atoms with Gasteiger partial charge in [-0.15, -0.1) is 0 Å². The summed E-state index contributed by atoms with van der Waals surface area (Å²) < 4.78 is 50.6. The molecule has 1 N–H and O–H groups in total. The van der Waals surface area contributed by atoms with E-state index in [1.807, 2.05) is 6.07 Å². The van der Waals surface area contributed by atoms with Gasteiger partial charge in [0.05, 0.1) is 17.4 Å². The molecule has 3 rings (SSSR count). The van der Waals surface area contributed by atoms with Gasteiger partial charge in [-0.05, 0) is 38.1 Å². The predicted octanol–water partition coefficient (Wildman–Crippen LogP) is 3.70. The van der Waals surface area contributed by atoms with Crippen LogP contribution in [0.1, 0.15) is 13.8 Å². The molecule has 8 heteroatoms. The molecule has 0 radical (unpaired) electrons. The summed E-state index contributed by atoms with van der Waals surface area (Å²) >= 11 is 0.